The molecule has 0 aromatic carbocycles. The van der Waals surface area contributed by atoms with Crippen LogP contribution in [0.4, 0.5) is 0 Å². The summed E-state index contributed by atoms with van der Waals surface area (Å²) in [5.74, 6) is 0. The number of likely N-dealkylation sites (N-methyl/N-ethyl adjacent to an activating group) is 1. The quantitative estimate of drug-likeness (QED) is 0.832. The molecule has 0 spiro atoms. The molecule has 19 heavy (non-hydrogen) atoms. The second-order valence-electron chi connectivity index (χ2n) is 5.02. The van der Waals surface area contributed by atoms with E-state index in [2.05, 4.69) is 21.8 Å². The third-order valence-electron chi connectivity index (χ3n) is 3.94. The molecule has 5 heteroatoms. The van der Waals surface area contributed by atoms with Crippen molar-refractivity contribution in [2.45, 2.75) is 32.4 Å². The monoisotopic (exact) mass is 258 g/mol. The van der Waals surface area contributed by atoms with Gasteiger partial charge in [0.1, 0.15) is 0 Å². The molecule has 1 aliphatic heterocycles. The molecule has 100 valence electrons. The van der Waals surface area contributed by atoms with Crippen molar-refractivity contribution in [3.8, 4) is 0 Å². The van der Waals surface area contributed by atoms with Gasteiger partial charge in [-0.1, -0.05) is 6.92 Å². The van der Waals surface area contributed by atoms with Gasteiger partial charge in [0.05, 0.1) is 23.4 Å². The highest BCUT2D eigenvalue weighted by Gasteiger charge is 2.23. The minimum Gasteiger partial charge on any atom is -0.299 e. The molecular weight excluding hydrogens is 240 g/mol. The highest BCUT2D eigenvalue weighted by atomic mass is 16.1. The first-order chi connectivity index (χ1) is 9.29. The molecule has 0 radical (unpaired) electrons. The van der Waals surface area contributed by atoms with Gasteiger partial charge in [-0.25, -0.2) is 4.98 Å². The molecule has 3 heterocycles. The van der Waals surface area contributed by atoms with Gasteiger partial charge in [0, 0.05) is 18.8 Å². The van der Waals surface area contributed by atoms with Crippen LogP contribution in [0.15, 0.2) is 29.6 Å². The van der Waals surface area contributed by atoms with Crippen LogP contribution in [0.2, 0.25) is 0 Å². The Morgan fingerprint density at radius 2 is 2.37 bits per heavy atom. The summed E-state index contributed by atoms with van der Waals surface area (Å²) in [6.07, 6.45) is 7.31. The number of hydrogen-bond donors (Lipinski definition) is 0. The van der Waals surface area contributed by atoms with Crippen molar-refractivity contribution in [3.05, 3.63) is 35.1 Å². The summed E-state index contributed by atoms with van der Waals surface area (Å²) >= 11 is 0. The Morgan fingerprint density at radius 3 is 3.21 bits per heavy atom. The Morgan fingerprint density at radius 1 is 1.47 bits per heavy atom. The van der Waals surface area contributed by atoms with Crippen LogP contribution < -0.4 is 5.56 Å². The fourth-order valence-corrected chi connectivity index (χ4v) is 2.88. The molecule has 5 nitrogen and oxygen atoms in total. The number of likely N-dealkylation sites (tertiary alicyclic amines) is 1. The molecule has 2 aromatic heterocycles. The Labute approximate surface area is 111 Å². The molecular formula is C14H18N4O. The molecule has 1 aliphatic rings. The van der Waals surface area contributed by atoms with E-state index in [9.17, 15) is 4.79 Å². The fourth-order valence-electron chi connectivity index (χ4n) is 2.88. The normalized spacial score (nSPS) is 20.2. The molecule has 0 unspecified atom stereocenters. The van der Waals surface area contributed by atoms with Crippen molar-refractivity contribution in [1.82, 2.24) is 19.4 Å². The zero-order chi connectivity index (χ0) is 13.2. The fraction of sp³-hybridized carbons (Fsp3) is 0.500. The summed E-state index contributed by atoms with van der Waals surface area (Å²) in [4.78, 5) is 23.1. The van der Waals surface area contributed by atoms with Crippen molar-refractivity contribution in [2.75, 3.05) is 13.1 Å². The third-order valence-corrected chi connectivity index (χ3v) is 3.94. The van der Waals surface area contributed by atoms with Crippen LogP contribution >= 0.6 is 0 Å². The topological polar surface area (TPSA) is 51.0 Å². The number of nitrogens with zero attached hydrogens (tertiary/aromatic N) is 4. The van der Waals surface area contributed by atoms with Crippen LogP contribution in [0.5, 0.6) is 0 Å². The lowest BCUT2D eigenvalue weighted by molar-refractivity contribution is 0.242. The Bertz CT molecular complexity index is 637. The Hall–Kier alpha value is -1.75. The first-order valence-electron chi connectivity index (χ1n) is 6.83. The van der Waals surface area contributed by atoms with Gasteiger partial charge in [-0.2, -0.15) is 0 Å². The average Bonchev–Trinajstić information content (AvgIpc) is 2.89. The van der Waals surface area contributed by atoms with Crippen molar-refractivity contribution >= 4 is 10.9 Å². The van der Waals surface area contributed by atoms with Crippen molar-refractivity contribution in [3.63, 3.8) is 0 Å². The first kappa shape index (κ1) is 12.3. The zero-order valence-corrected chi connectivity index (χ0v) is 11.1. The summed E-state index contributed by atoms with van der Waals surface area (Å²) < 4.78 is 1.74. The number of aromatic nitrogens is 3. The van der Waals surface area contributed by atoms with Crippen LogP contribution in [0.25, 0.3) is 10.9 Å². The summed E-state index contributed by atoms with van der Waals surface area (Å²) in [6, 6.07) is 2.21. The largest absolute Gasteiger partial charge is 0.299 e. The summed E-state index contributed by atoms with van der Waals surface area (Å²) in [5.41, 5.74) is 0.706. The van der Waals surface area contributed by atoms with Crippen molar-refractivity contribution in [2.24, 2.45) is 0 Å². The van der Waals surface area contributed by atoms with E-state index < -0.39 is 0 Å². The van der Waals surface area contributed by atoms with E-state index in [0.29, 0.717) is 16.9 Å². The maximum atomic E-state index is 12.4. The molecule has 0 saturated carbocycles. The van der Waals surface area contributed by atoms with Gasteiger partial charge >= 0.3 is 0 Å². The van der Waals surface area contributed by atoms with E-state index in [1.807, 2.05) is 0 Å². The smallest absolute Gasteiger partial charge is 0.261 e. The van der Waals surface area contributed by atoms with E-state index >= 15 is 0 Å². The predicted octanol–water partition coefficient (Wildman–Crippen LogP) is 1.28. The van der Waals surface area contributed by atoms with Crippen molar-refractivity contribution < 1.29 is 0 Å². The summed E-state index contributed by atoms with van der Waals surface area (Å²) in [6.45, 7) is 5.09. The Kier molecular flexibility index (Phi) is 3.29. The van der Waals surface area contributed by atoms with E-state index in [4.69, 9.17) is 0 Å². The third kappa shape index (κ3) is 2.26. The number of rotatable bonds is 3. The predicted molar refractivity (Wildman–Crippen MR) is 74.1 cm³/mol. The number of hydrogen-bond acceptors (Lipinski definition) is 4. The molecule has 0 aliphatic carbocycles. The minimum absolute atomic E-state index is 0.0374. The van der Waals surface area contributed by atoms with Crippen LogP contribution in [0.1, 0.15) is 19.8 Å². The maximum absolute atomic E-state index is 12.4. The molecule has 0 amide bonds. The average molecular weight is 258 g/mol. The molecule has 3 rings (SSSR count). The van der Waals surface area contributed by atoms with E-state index in [1.54, 1.807) is 29.4 Å². The molecule has 1 saturated heterocycles. The Balaban J connectivity index is 1.93. The lowest BCUT2D eigenvalue weighted by Gasteiger charge is -2.23. The highest BCUT2D eigenvalue weighted by molar-refractivity contribution is 5.75. The van der Waals surface area contributed by atoms with Crippen LogP contribution in [-0.2, 0) is 6.54 Å². The van der Waals surface area contributed by atoms with Crippen LogP contribution in [0.3, 0.4) is 0 Å². The first-order valence-corrected chi connectivity index (χ1v) is 6.83. The molecule has 1 atom stereocenters. The lowest BCUT2D eigenvalue weighted by Crippen LogP contribution is -2.36. The molecule has 1 fully saturated rings. The standard InChI is InChI=1S/C14H18N4O/c1-2-17-7-3-4-11(17)9-18-10-16-13-8-15-6-5-12(13)14(18)19/h5-6,8,10-11H,2-4,7,9H2,1H3/t11-/m0/s1. The SMILES string of the molecule is CCN1CCC[C@H]1Cn1cnc2cnccc2c1=O. The van der Waals surface area contributed by atoms with E-state index in [0.717, 1.165) is 26.1 Å². The second-order valence-corrected chi connectivity index (χ2v) is 5.02. The minimum atomic E-state index is 0.0374. The van der Waals surface area contributed by atoms with Gasteiger partial charge in [0.25, 0.3) is 5.56 Å². The van der Waals surface area contributed by atoms with E-state index in [1.165, 1.54) is 6.42 Å². The van der Waals surface area contributed by atoms with E-state index in [-0.39, 0.29) is 5.56 Å². The van der Waals surface area contributed by atoms with Gasteiger partial charge in [0.2, 0.25) is 0 Å². The highest BCUT2D eigenvalue weighted by Crippen LogP contribution is 2.17. The number of fused-ring (bicyclic) bond motifs is 1. The van der Waals surface area contributed by atoms with Gasteiger partial charge < -0.3 is 0 Å². The summed E-state index contributed by atoms with van der Waals surface area (Å²) in [5, 5.41) is 0.651. The zero-order valence-electron chi connectivity index (χ0n) is 11.1. The van der Waals surface area contributed by atoms with Crippen molar-refractivity contribution in [1.29, 1.82) is 0 Å². The van der Waals surface area contributed by atoms with Gasteiger partial charge in [-0.15, -0.1) is 0 Å². The summed E-state index contributed by atoms with van der Waals surface area (Å²) in [7, 11) is 0. The molecule has 2 aromatic rings. The number of pyridine rings is 1. The second kappa shape index (κ2) is 5.09. The van der Waals surface area contributed by atoms with Gasteiger partial charge in [-0.3, -0.25) is 19.2 Å². The lowest BCUT2D eigenvalue weighted by atomic mass is 10.2. The molecule has 0 bridgehead atoms. The maximum Gasteiger partial charge on any atom is 0.261 e. The van der Waals surface area contributed by atoms with Crippen LogP contribution in [0, 0.1) is 0 Å². The van der Waals surface area contributed by atoms with Gasteiger partial charge in [0.15, 0.2) is 0 Å². The van der Waals surface area contributed by atoms with Crippen LogP contribution in [-0.4, -0.2) is 38.6 Å². The molecule has 0 N–H and O–H groups in total. The van der Waals surface area contributed by atoms with Gasteiger partial charge in [-0.05, 0) is 32.0 Å².